The maximum atomic E-state index is 13.1. The largest absolute Gasteiger partial charge is 0.396 e. The first-order valence-corrected chi connectivity index (χ1v) is 8.05. The SMILES string of the molecule is CCC1(CO)CCN(CCC(=O)Nc2cc(F)cc(F)c2)CC1. The van der Waals surface area contributed by atoms with Crippen LogP contribution in [-0.4, -0.2) is 42.2 Å². The van der Waals surface area contributed by atoms with E-state index in [1.165, 1.54) is 0 Å². The molecule has 0 spiro atoms. The Morgan fingerprint density at radius 1 is 1.26 bits per heavy atom. The Balaban J connectivity index is 1.77. The molecule has 0 unspecified atom stereocenters. The Morgan fingerprint density at radius 2 is 1.87 bits per heavy atom. The second kappa shape index (κ2) is 7.84. The molecule has 23 heavy (non-hydrogen) atoms. The molecule has 2 N–H and O–H groups in total. The van der Waals surface area contributed by atoms with Gasteiger partial charge in [-0.15, -0.1) is 0 Å². The third-order valence-electron chi connectivity index (χ3n) is 4.80. The predicted octanol–water partition coefficient (Wildman–Crippen LogP) is 2.78. The van der Waals surface area contributed by atoms with Crippen LogP contribution < -0.4 is 5.32 Å². The van der Waals surface area contributed by atoms with Crippen LogP contribution in [0.1, 0.15) is 32.6 Å². The maximum Gasteiger partial charge on any atom is 0.225 e. The summed E-state index contributed by atoms with van der Waals surface area (Å²) in [6.07, 6.45) is 3.09. The summed E-state index contributed by atoms with van der Waals surface area (Å²) >= 11 is 0. The number of aliphatic hydroxyl groups excluding tert-OH is 1. The Labute approximate surface area is 135 Å². The number of amides is 1. The fourth-order valence-electron chi connectivity index (χ4n) is 2.98. The number of hydrogen-bond donors (Lipinski definition) is 2. The van der Waals surface area contributed by atoms with E-state index in [9.17, 15) is 18.7 Å². The normalized spacial score (nSPS) is 17.9. The average Bonchev–Trinajstić information content (AvgIpc) is 2.52. The van der Waals surface area contributed by atoms with Gasteiger partial charge >= 0.3 is 0 Å². The van der Waals surface area contributed by atoms with E-state index in [-0.39, 0.29) is 30.0 Å². The van der Waals surface area contributed by atoms with Gasteiger partial charge in [-0.1, -0.05) is 6.92 Å². The zero-order valence-electron chi connectivity index (χ0n) is 13.4. The molecule has 2 rings (SSSR count). The molecule has 1 fully saturated rings. The fraction of sp³-hybridized carbons (Fsp3) is 0.588. The zero-order chi connectivity index (χ0) is 16.9. The molecule has 0 atom stereocenters. The molecular formula is C17H24F2N2O2. The van der Waals surface area contributed by atoms with Gasteiger partial charge in [-0.2, -0.15) is 0 Å². The highest BCUT2D eigenvalue weighted by atomic mass is 19.1. The lowest BCUT2D eigenvalue weighted by Crippen LogP contribution is -2.42. The van der Waals surface area contributed by atoms with E-state index in [4.69, 9.17) is 0 Å². The van der Waals surface area contributed by atoms with Crippen LogP contribution in [0, 0.1) is 17.0 Å². The number of carbonyl (C=O) groups is 1. The third-order valence-corrected chi connectivity index (χ3v) is 4.80. The summed E-state index contributed by atoms with van der Waals surface area (Å²) in [5.41, 5.74) is 0.161. The number of benzene rings is 1. The molecule has 1 saturated heterocycles. The molecule has 0 aliphatic carbocycles. The van der Waals surface area contributed by atoms with Gasteiger partial charge in [0.05, 0.1) is 0 Å². The highest BCUT2D eigenvalue weighted by molar-refractivity contribution is 5.90. The summed E-state index contributed by atoms with van der Waals surface area (Å²) in [7, 11) is 0. The van der Waals surface area contributed by atoms with Crippen molar-refractivity contribution < 1.29 is 18.7 Å². The van der Waals surface area contributed by atoms with Gasteiger partial charge < -0.3 is 15.3 Å². The first kappa shape index (κ1) is 17.8. The lowest BCUT2D eigenvalue weighted by atomic mass is 9.77. The average molecular weight is 326 g/mol. The molecule has 1 heterocycles. The van der Waals surface area contributed by atoms with E-state index in [1.807, 2.05) is 0 Å². The summed E-state index contributed by atoms with van der Waals surface area (Å²) < 4.78 is 26.2. The number of piperidine rings is 1. The minimum atomic E-state index is -0.712. The van der Waals surface area contributed by atoms with Gasteiger partial charge in [-0.25, -0.2) is 8.78 Å². The monoisotopic (exact) mass is 326 g/mol. The van der Waals surface area contributed by atoms with E-state index in [2.05, 4.69) is 17.1 Å². The number of nitrogens with zero attached hydrogens (tertiary/aromatic N) is 1. The van der Waals surface area contributed by atoms with Crippen molar-refractivity contribution in [2.75, 3.05) is 31.6 Å². The number of carbonyl (C=O) groups excluding carboxylic acids is 1. The molecular weight excluding hydrogens is 302 g/mol. The molecule has 4 nitrogen and oxygen atoms in total. The molecule has 1 aromatic rings. The second-order valence-corrected chi connectivity index (χ2v) is 6.31. The lowest BCUT2D eigenvalue weighted by Gasteiger charge is -2.40. The van der Waals surface area contributed by atoms with Crippen molar-refractivity contribution >= 4 is 11.6 Å². The van der Waals surface area contributed by atoms with Crippen LogP contribution in [0.3, 0.4) is 0 Å². The smallest absolute Gasteiger partial charge is 0.225 e. The number of likely N-dealkylation sites (tertiary alicyclic amines) is 1. The molecule has 0 aromatic heterocycles. The Kier molecular flexibility index (Phi) is 6.07. The molecule has 0 bridgehead atoms. The van der Waals surface area contributed by atoms with Gasteiger partial charge in [-0.3, -0.25) is 4.79 Å². The highest BCUT2D eigenvalue weighted by Crippen LogP contribution is 2.34. The minimum absolute atomic E-state index is 0.0256. The minimum Gasteiger partial charge on any atom is -0.396 e. The molecule has 6 heteroatoms. The number of nitrogens with one attached hydrogen (secondary N) is 1. The summed E-state index contributed by atoms with van der Waals surface area (Å²) in [6, 6.07) is 2.96. The van der Waals surface area contributed by atoms with E-state index < -0.39 is 11.6 Å². The fourth-order valence-corrected chi connectivity index (χ4v) is 2.98. The van der Waals surface area contributed by atoms with Gasteiger partial charge in [0, 0.05) is 31.3 Å². The summed E-state index contributed by atoms with van der Waals surface area (Å²) in [5, 5.41) is 12.0. The van der Waals surface area contributed by atoms with Crippen molar-refractivity contribution in [3.8, 4) is 0 Å². The van der Waals surface area contributed by atoms with E-state index in [1.54, 1.807) is 0 Å². The molecule has 128 valence electrons. The van der Waals surface area contributed by atoms with Gasteiger partial charge in [-0.05, 0) is 49.9 Å². The van der Waals surface area contributed by atoms with Crippen molar-refractivity contribution in [2.45, 2.75) is 32.6 Å². The first-order valence-electron chi connectivity index (χ1n) is 8.05. The molecule has 1 aliphatic heterocycles. The number of hydrogen-bond acceptors (Lipinski definition) is 3. The molecule has 1 aromatic carbocycles. The summed E-state index contributed by atoms with van der Waals surface area (Å²) in [6.45, 7) is 4.63. The number of aliphatic hydroxyl groups is 1. The number of rotatable bonds is 6. The van der Waals surface area contributed by atoms with E-state index in [0.717, 1.165) is 50.6 Å². The van der Waals surface area contributed by atoms with Gasteiger partial charge in [0.1, 0.15) is 11.6 Å². The predicted molar refractivity (Wildman–Crippen MR) is 85.1 cm³/mol. The van der Waals surface area contributed by atoms with Gasteiger partial charge in [0.25, 0.3) is 0 Å². The molecule has 0 saturated carbocycles. The third kappa shape index (κ3) is 4.97. The van der Waals surface area contributed by atoms with Gasteiger partial charge in [0.15, 0.2) is 0 Å². The second-order valence-electron chi connectivity index (χ2n) is 6.31. The first-order chi connectivity index (χ1) is 11.0. The number of halogens is 2. The number of anilines is 1. The molecule has 1 amide bonds. The van der Waals surface area contributed by atoms with Crippen LogP contribution in [0.15, 0.2) is 18.2 Å². The summed E-state index contributed by atoms with van der Waals surface area (Å²) in [5.74, 6) is -1.68. The Hall–Kier alpha value is -1.53. The topological polar surface area (TPSA) is 52.6 Å². The standard InChI is InChI=1S/C17H24F2N2O2/c1-2-17(12-22)4-7-21(8-5-17)6-3-16(23)20-15-10-13(18)9-14(19)11-15/h9-11,22H,2-8,12H2,1H3,(H,20,23). The van der Waals surface area contributed by atoms with Crippen molar-refractivity contribution in [3.63, 3.8) is 0 Å². The Bertz CT molecular complexity index is 517. The van der Waals surface area contributed by atoms with Crippen molar-refractivity contribution in [3.05, 3.63) is 29.8 Å². The van der Waals surface area contributed by atoms with Crippen LogP contribution >= 0.6 is 0 Å². The van der Waals surface area contributed by atoms with Crippen LogP contribution in [-0.2, 0) is 4.79 Å². The summed E-state index contributed by atoms with van der Waals surface area (Å²) in [4.78, 5) is 14.1. The van der Waals surface area contributed by atoms with E-state index >= 15 is 0 Å². The van der Waals surface area contributed by atoms with Crippen molar-refractivity contribution in [1.82, 2.24) is 4.90 Å². The van der Waals surface area contributed by atoms with Crippen molar-refractivity contribution in [2.24, 2.45) is 5.41 Å². The van der Waals surface area contributed by atoms with Crippen LogP contribution in [0.2, 0.25) is 0 Å². The zero-order valence-corrected chi connectivity index (χ0v) is 13.4. The lowest BCUT2D eigenvalue weighted by molar-refractivity contribution is -0.116. The molecule has 0 radical (unpaired) electrons. The van der Waals surface area contributed by atoms with Crippen molar-refractivity contribution in [1.29, 1.82) is 0 Å². The van der Waals surface area contributed by atoms with Crippen LogP contribution in [0.4, 0.5) is 14.5 Å². The van der Waals surface area contributed by atoms with Crippen LogP contribution in [0.25, 0.3) is 0 Å². The quantitative estimate of drug-likeness (QED) is 0.845. The maximum absolute atomic E-state index is 13.1. The van der Waals surface area contributed by atoms with Gasteiger partial charge in [0.2, 0.25) is 5.91 Å². The Morgan fingerprint density at radius 3 is 2.39 bits per heavy atom. The highest BCUT2D eigenvalue weighted by Gasteiger charge is 2.32. The van der Waals surface area contributed by atoms with E-state index in [0.29, 0.717) is 6.54 Å². The molecule has 1 aliphatic rings. The van der Waals surface area contributed by atoms with Crippen LogP contribution in [0.5, 0.6) is 0 Å².